The number of benzene rings is 2. The van der Waals surface area contributed by atoms with Crippen molar-refractivity contribution in [1.82, 2.24) is 0 Å². The van der Waals surface area contributed by atoms with Crippen LogP contribution in [0.4, 0.5) is 11.4 Å². The highest BCUT2D eigenvalue weighted by molar-refractivity contribution is 7.21. The number of carbonyl (C=O) groups is 2. The maximum absolute atomic E-state index is 12.8. The molecular formula is C21H19ClN2O3S. The number of hydrogen-bond acceptors (Lipinski definition) is 4. The molecule has 0 spiro atoms. The van der Waals surface area contributed by atoms with E-state index in [2.05, 4.69) is 10.6 Å². The molecule has 5 nitrogen and oxygen atoms in total. The minimum absolute atomic E-state index is 0.0353. The molecule has 2 N–H and O–H groups in total. The quantitative estimate of drug-likeness (QED) is 0.581. The van der Waals surface area contributed by atoms with Crippen LogP contribution in [-0.2, 0) is 4.79 Å². The molecule has 1 heterocycles. The molecule has 7 heteroatoms. The van der Waals surface area contributed by atoms with Crippen LogP contribution in [0.1, 0.15) is 28.1 Å². The lowest BCUT2D eigenvalue weighted by molar-refractivity contribution is -0.117. The van der Waals surface area contributed by atoms with Crippen molar-refractivity contribution in [3.05, 3.63) is 51.9 Å². The van der Waals surface area contributed by atoms with E-state index in [-0.39, 0.29) is 17.7 Å². The first kappa shape index (κ1) is 18.8. The van der Waals surface area contributed by atoms with Crippen LogP contribution in [0.5, 0.6) is 5.75 Å². The summed E-state index contributed by atoms with van der Waals surface area (Å²) in [6.45, 7) is 1.92. The van der Waals surface area contributed by atoms with Crippen molar-refractivity contribution in [1.29, 1.82) is 0 Å². The number of nitrogens with one attached hydrogen (secondary N) is 2. The maximum Gasteiger partial charge on any atom is 0.267 e. The number of aryl methyl sites for hydroxylation is 1. The van der Waals surface area contributed by atoms with Gasteiger partial charge in [0.25, 0.3) is 5.91 Å². The molecule has 144 valence electrons. The molecule has 2 aromatic carbocycles. The highest BCUT2D eigenvalue weighted by Gasteiger charge is 2.29. The van der Waals surface area contributed by atoms with Gasteiger partial charge in [-0.25, -0.2) is 0 Å². The summed E-state index contributed by atoms with van der Waals surface area (Å²) < 4.78 is 6.12. The Labute approximate surface area is 171 Å². The molecule has 28 heavy (non-hydrogen) atoms. The van der Waals surface area contributed by atoms with Crippen molar-refractivity contribution in [3.8, 4) is 5.75 Å². The van der Waals surface area contributed by atoms with Gasteiger partial charge in [-0.05, 0) is 55.7 Å². The van der Waals surface area contributed by atoms with Crippen LogP contribution in [0.15, 0.2) is 36.4 Å². The van der Waals surface area contributed by atoms with Crippen LogP contribution in [0, 0.1) is 12.8 Å². The van der Waals surface area contributed by atoms with Gasteiger partial charge in [0.05, 0.1) is 12.1 Å². The summed E-state index contributed by atoms with van der Waals surface area (Å²) in [5.41, 5.74) is 2.26. The SMILES string of the molecule is COc1ccc2c(Cl)c(C(=O)Nc3ccc(C)c(NC(=O)C4CC4)c3)sc2c1. The predicted molar refractivity (Wildman–Crippen MR) is 114 cm³/mol. The normalized spacial score (nSPS) is 13.4. The van der Waals surface area contributed by atoms with Crippen LogP contribution in [0.3, 0.4) is 0 Å². The summed E-state index contributed by atoms with van der Waals surface area (Å²) in [4.78, 5) is 25.3. The summed E-state index contributed by atoms with van der Waals surface area (Å²) in [6, 6.07) is 11.0. The Bertz CT molecular complexity index is 1090. The fourth-order valence-corrected chi connectivity index (χ4v) is 4.36. The minimum Gasteiger partial charge on any atom is -0.497 e. The Balaban J connectivity index is 1.57. The van der Waals surface area contributed by atoms with Gasteiger partial charge in [-0.2, -0.15) is 0 Å². The molecule has 1 aliphatic carbocycles. The van der Waals surface area contributed by atoms with Crippen LogP contribution < -0.4 is 15.4 Å². The van der Waals surface area contributed by atoms with Crippen molar-refractivity contribution in [2.75, 3.05) is 17.7 Å². The zero-order valence-electron chi connectivity index (χ0n) is 15.5. The number of thiophene rings is 1. The van der Waals surface area contributed by atoms with Gasteiger partial charge < -0.3 is 15.4 Å². The van der Waals surface area contributed by atoms with Gasteiger partial charge in [0.2, 0.25) is 5.91 Å². The summed E-state index contributed by atoms with van der Waals surface area (Å²) in [7, 11) is 1.60. The Morgan fingerprint density at radius 3 is 2.64 bits per heavy atom. The summed E-state index contributed by atoms with van der Waals surface area (Å²) in [5, 5.41) is 7.07. The van der Waals surface area contributed by atoms with E-state index in [1.165, 1.54) is 11.3 Å². The third-order valence-electron chi connectivity index (χ3n) is 4.74. The largest absolute Gasteiger partial charge is 0.497 e. The van der Waals surface area contributed by atoms with Gasteiger partial charge in [-0.1, -0.05) is 17.7 Å². The van der Waals surface area contributed by atoms with E-state index in [0.29, 0.717) is 27.0 Å². The first-order valence-electron chi connectivity index (χ1n) is 8.95. The molecule has 0 radical (unpaired) electrons. The lowest BCUT2D eigenvalue weighted by atomic mass is 10.1. The van der Waals surface area contributed by atoms with Gasteiger partial charge in [0, 0.05) is 27.4 Å². The Morgan fingerprint density at radius 1 is 1.14 bits per heavy atom. The van der Waals surface area contributed by atoms with Gasteiger partial charge in [0.1, 0.15) is 10.6 Å². The van der Waals surface area contributed by atoms with Crippen LogP contribution in [-0.4, -0.2) is 18.9 Å². The minimum atomic E-state index is -0.284. The Hall–Kier alpha value is -2.57. The molecule has 0 saturated heterocycles. The predicted octanol–water partition coefficient (Wildman–Crippen LogP) is 5.47. The lowest BCUT2D eigenvalue weighted by Crippen LogP contribution is -2.15. The first-order chi connectivity index (χ1) is 13.5. The molecule has 0 aliphatic heterocycles. The van der Waals surface area contributed by atoms with Crippen molar-refractivity contribution in [2.24, 2.45) is 5.92 Å². The van der Waals surface area contributed by atoms with E-state index in [9.17, 15) is 9.59 Å². The molecule has 1 aliphatic rings. The van der Waals surface area contributed by atoms with Crippen molar-refractivity contribution < 1.29 is 14.3 Å². The number of amides is 2. The van der Waals surface area contributed by atoms with Crippen LogP contribution in [0.2, 0.25) is 5.02 Å². The standard InChI is InChI=1S/C21H19ClN2O3S/c1-11-3-6-13(9-16(11)24-20(25)12-4-5-12)23-21(26)19-18(22)15-8-7-14(27-2)10-17(15)28-19/h3,6-10,12H,4-5H2,1-2H3,(H,23,26)(H,24,25). The number of ether oxygens (including phenoxy) is 1. The second kappa shape index (κ2) is 7.45. The van der Waals surface area contributed by atoms with Gasteiger partial charge in [0.15, 0.2) is 0 Å². The lowest BCUT2D eigenvalue weighted by Gasteiger charge is -2.11. The number of hydrogen-bond donors (Lipinski definition) is 2. The van der Waals surface area contributed by atoms with Crippen molar-refractivity contribution >= 4 is 56.2 Å². The highest BCUT2D eigenvalue weighted by atomic mass is 35.5. The average molecular weight is 415 g/mol. The Kier molecular flexibility index (Phi) is 5.00. The molecule has 2 amide bonds. The van der Waals surface area contributed by atoms with Gasteiger partial charge >= 0.3 is 0 Å². The maximum atomic E-state index is 12.8. The van der Waals surface area contributed by atoms with Crippen molar-refractivity contribution in [2.45, 2.75) is 19.8 Å². The molecule has 1 aromatic heterocycles. The average Bonchev–Trinajstić information content (AvgIpc) is 3.48. The Morgan fingerprint density at radius 2 is 1.93 bits per heavy atom. The highest BCUT2D eigenvalue weighted by Crippen LogP contribution is 2.38. The number of carbonyl (C=O) groups excluding carboxylic acids is 2. The van der Waals surface area contributed by atoms with Crippen LogP contribution >= 0.6 is 22.9 Å². The van der Waals surface area contributed by atoms with E-state index in [0.717, 1.165) is 28.5 Å². The molecule has 4 rings (SSSR count). The van der Waals surface area contributed by atoms with E-state index < -0.39 is 0 Å². The van der Waals surface area contributed by atoms with E-state index in [1.54, 1.807) is 13.2 Å². The molecule has 3 aromatic rings. The summed E-state index contributed by atoms with van der Waals surface area (Å²) >= 11 is 7.75. The monoisotopic (exact) mass is 414 g/mol. The smallest absolute Gasteiger partial charge is 0.267 e. The molecule has 0 bridgehead atoms. The third-order valence-corrected chi connectivity index (χ3v) is 6.40. The zero-order valence-corrected chi connectivity index (χ0v) is 17.0. The topological polar surface area (TPSA) is 67.4 Å². The number of fused-ring (bicyclic) bond motifs is 1. The number of rotatable bonds is 5. The van der Waals surface area contributed by atoms with E-state index >= 15 is 0 Å². The second-order valence-corrected chi connectivity index (χ2v) is 8.28. The van der Waals surface area contributed by atoms with Gasteiger partial charge in [-0.15, -0.1) is 11.3 Å². The number of anilines is 2. The van der Waals surface area contributed by atoms with Crippen molar-refractivity contribution in [3.63, 3.8) is 0 Å². The van der Waals surface area contributed by atoms with Gasteiger partial charge in [-0.3, -0.25) is 9.59 Å². The third kappa shape index (κ3) is 3.70. The zero-order chi connectivity index (χ0) is 19.8. The molecule has 1 fully saturated rings. The molecule has 0 unspecified atom stereocenters. The first-order valence-corrected chi connectivity index (χ1v) is 10.1. The van der Waals surface area contributed by atoms with E-state index in [4.69, 9.17) is 16.3 Å². The van der Waals surface area contributed by atoms with Crippen LogP contribution in [0.25, 0.3) is 10.1 Å². The summed E-state index contributed by atoms with van der Waals surface area (Å²) in [5.74, 6) is 0.584. The molecule has 0 atom stereocenters. The number of halogens is 1. The summed E-state index contributed by atoms with van der Waals surface area (Å²) in [6.07, 6.45) is 1.88. The molecule has 1 saturated carbocycles. The molecular weight excluding hydrogens is 396 g/mol. The number of methoxy groups -OCH3 is 1. The van der Waals surface area contributed by atoms with E-state index in [1.807, 2.05) is 37.3 Å². The fraction of sp³-hybridized carbons (Fsp3) is 0.238. The second-order valence-electron chi connectivity index (χ2n) is 6.85. The fourth-order valence-electron chi connectivity index (χ4n) is 2.92.